The van der Waals surface area contributed by atoms with Crippen LogP contribution < -0.4 is 0 Å². The summed E-state index contributed by atoms with van der Waals surface area (Å²) in [6.45, 7) is -0.920. The Kier molecular flexibility index (Phi) is 5.35. The Morgan fingerprint density at radius 2 is 1.64 bits per heavy atom. The number of urea groups is 1. The Balaban J connectivity index is 1.65. The quantitative estimate of drug-likeness (QED) is 0.628. The average molecular weight is 416 g/mol. The molecule has 0 saturated carbocycles. The number of nitrogens with zero attached hydrogens (tertiary/aromatic N) is 4. The second kappa shape index (κ2) is 7.43. The lowest BCUT2D eigenvalue weighted by Crippen LogP contribution is -2.53. The van der Waals surface area contributed by atoms with Gasteiger partial charge < -0.3 is 9.80 Å². The molecule has 2 heterocycles. The standard InChI is InChI=1S/C16H18F2N4O5S/c1-19-9-14(24)22(16(19)25)10-13(23)20-5-7-21(8-6-20)28(26,27)15-11(17)3-2-4-12(15)18/h2-4H,5-10H2,1H3. The van der Waals surface area contributed by atoms with Crippen LogP contribution in [0, 0.1) is 11.6 Å². The van der Waals surface area contributed by atoms with E-state index in [1.807, 2.05) is 0 Å². The van der Waals surface area contributed by atoms with Gasteiger partial charge in [-0.25, -0.2) is 22.0 Å². The van der Waals surface area contributed by atoms with Crippen LogP contribution >= 0.6 is 0 Å². The molecule has 12 heteroatoms. The zero-order chi connectivity index (χ0) is 20.6. The minimum atomic E-state index is -4.40. The Bertz CT molecular complexity index is 911. The van der Waals surface area contributed by atoms with E-state index in [0.717, 1.165) is 27.4 Å². The Hall–Kier alpha value is -2.60. The van der Waals surface area contributed by atoms with Gasteiger partial charge >= 0.3 is 6.03 Å². The summed E-state index contributed by atoms with van der Waals surface area (Å²) >= 11 is 0. The van der Waals surface area contributed by atoms with Gasteiger partial charge in [-0.3, -0.25) is 14.5 Å². The first kappa shape index (κ1) is 20.1. The van der Waals surface area contributed by atoms with E-state index < -0.39 is 50.9 Å². The van der Waals surface area contributed by atoms with E-state index in [2.05, 4.69) is 0 Å². The molecular weight excluding hydrogens is 398 g/mol. The van der Waals surface area contributed by atoms with Gasteiger partial charge in [0.15, 0.2) is 4.90 Å². The highest BCUT2D eigenvalue weighted by Gasteiger charge is 2.38. The maximum atomic E-state index is 13.9. The summed E-state index contributed by atoms with van der Waals surface area (Å²) in [5.41, 5.74) is 0. The Labute approximate surface area is 160 Å². The van der Waals surface area contributed by atoms with Gasteiger partial charge in [0, 0.05) is 33.2 Å². The van der Waals surface area contributed by atoms with Crippen LogP contribution in [0.5, 0.6) is 0 Å². The van der Waals surface area contributed by atoms with Gasteiger partial charge in [0.05, 0.1) is 0 Å². The molecule has 0 aliphatic carbocycles. The molecule has 0 radical (unpaired) electrons. The van der Waals surface area contributed by atoms with Crippen molar-refractivity contribution in [2.24, 2.45) is 0 Å². The van der Waals surface area contributed by atoms with Gasteiger partial charge in [-0.2, -0.15) is 4.31 Å². The van der Waals surface area contributed by atoms with Crippen LogP contribution in [-0.4, -0.2) is 91.6 Å². The molecule has 3 rings (SSSR count). The van der Waals surface area contributed by atoms with Crippen LogP contribution in [0.2, 0.25) is 0 Å². The van der Waals surface area contributed by atoms with Gasteiger partial charge in [-0.05, 0) is 12.1 Å². The van der Waals surface area contributed by atoms with Gasteiger partial charge in [-0.1, -0.05) is 6.07 Å². The molecule has 2 saturated heterocycles. The topological polar surface area (TPSA) is 98.3 Å². The molecule has 2 fully saturated rings. The van der Waals surface area contributed by atoms with Crippen LogP contribution in [0.25, 0.3) is 0 Å². The van der Waals surface area contributed by atoms with E-state index >= 15 is 0 Å². The van der Waals surface area contributed by atoms with Crippen molar-refractivity contribution >= 4 is 27.9 Å². The van der Waals surface area contributed by atoms with E-state index in [-0.39, 0.29) is 32.7 Å². The Morgan fingerprint density at radius 3 is 2.14 bits per heavy atom. The van der Waals surface area contributed by atoms with E-state index in [1.54, 1.807) is 0 Å². The number of likely N-dealkylation sites (N-methyl/N-ethyl adjacent to an activating group) is 1. The summed E-state index contributed by atoms with van der Waals surface area (Å²) < 4.78 is 53.7. The Morgan fingerprint density at radius 1 is 1.07 bits per heavy atom. The van der Waals surface area contributed by atoms with E-state index in [1.165, 1.54) is 16.8 Å². The van der Waals surface area contributed by atoms with E-state index in [0.29, 0.717) is 0 Å². The van der Waals surface area contributed by atoms with Crippen molar-refractivity contribution < 1.29 is 31.6 Å². The zero-order valence-corrected chi connectivity index (χ0v) is 15.8. The third-order valence-electron chi connectivity index (χ3n) is 4.63. The summed E-state index contributed by atoms with van der Waals surface area (Å²) in [6.07, 6.45) is 0. The molecular formula is C16H18F2N4O5S. The molecule has 0 aromatic heterocycles. The van der Waals surface area contributed by atoms with Crippen molar-refractivity contribution in [1.29, 1.82) is 0 Å². The fourth-order valence-electron chi connectivity index (χ4n) is 3.10. The van der Waals surface area contributed by atoms with Crippen LogP contribution in [0.4, 0.5) is 13.6 Å². The number of carbonyl (C=O) groups is 3. The fraction of sp³-hybridized carbons (Fsp3) is 0.438. The third-order valence-corrected chi connectivity index (χ3v) is 6.58. The molecule has 0 unspecified atom stereocenters. The number of hydrogen-bond acceptors (Lipinski definition) is 5. The lowest BCUT2D eigenvalue weighted by atomic mass is 10.3. The van der Waals surface area contributed by atoms with Crippen molar-refractivity contribution in [2.75, 3.05) is 46.3 Å². The largest absolute Gasteiger partial charge is 0.338 e. The first-order chi connectivity index (χ1) is 13.1. The van der Waals surface area contributed by atoms with E-state index in [9.17, 15) is 31.6 Å². The highest BCUT2D eigenvalue weighted by Crippen LogP contribution is 2.23. The van der Waals surface area contributed by atoms with Crippen LogP contribution in [0.15, 0.2) is 23.1 Å². The number of sulfonamides is 1. The monoisotopic (exact) mass is 416 g/mol. The average Bonchev–Trinajstić information content (AvgIpc) is 2.87. The first-order valence-corrected chi connectivity index (χ1v) is 9.84. The van der Waals surface area contributed by atoms with Gasteiger partial charge in [-0.15, -0.1) is 0 Å². The molecule has 1 aromatic rings. The predicted molar refractivity (Wildman–Crippen MR) is 91.4 cm³/mol. The minimum Gasteiger partial charge on any atom is -0.338 e. The third kappa shape index (κ3) is 3.56. The summed E-state index contributed by atoms with van der Waals surface area (Å²) in [5.74, 6) is -3.37. The maximum absolute atomic E-state index is 13.9. The molecule has 0 atom stereocenters. The zero-order valence-electron chi connectivity index (χ0n) is 15.0. The molecule has 0 bridgehead atoms. The second-order valence-electron chi connectivity index (χ2n) is 6.45. The molecule has 2 aliphatic rings. The maximum Gasteiger partial charge on any atom is 0.327 e. The molecule has 0 spiro atoms. The number of halogens is 2. The smallest absolute Gasteiger partial charge is 0.327 e. The second-order valence-corrected chi connectivity index (χ2v) is 8.33. The number of benzene rings is 1. The molecule has 4 amide bonds. The lowest BCUT2D eigenvalue weighted by molar-refractivity contribution is -0.137. The number of imide groups is 1. The van der Waals surface area contributed by atoms with Gasteiger partial charge in [0.25, 0.3) is 5.91 Å². The van der Waals surface area contributed by atoms with Crippen LogP contribution in [0.3, 0.4) is 0 Å². The van der Waals surface area contributed by atoms with Crippen molar-refractivity contribution in [3.8, 4) is 0 Å². The molecule has 0 N–H and O–H groups in total. The number of carbonyl (C=O) groups excluding carboxylic acids is 3. The van der Waals surface area contributed by atoms with Crippen LogP contribution in [-0.2, 0) is 19.6 Å². The molecule has 152 valence electrons. The van der Waals surface area contributed by atoms with Crippen molar-refractivity contribution in [3.05, 3.63) is 29.8 Å². The normalized spacial score (nSPS) is 18.9. The summed E-state index contributed by atoms with van der Waals surface area (Å²) in [6, 6.07) is 2.21. The number of amides is 4. The fourth-order valence-corrected chi connectivity index (χ4v) is 4.63. The van der Waals surface area contributed by atoms with Gasteiger partial charge in [0.2, 0.25) is 15.9 Å². The van der Waals surface area contributed by atoms with Crippen molar-refractivity contribution in [2.45, 2.75) is 4.90 Å². The minimum absolute atomic E-state index is 0.0276. The van der Waals surface area contributed by atoms with Crippen molar-refractivity contribution in [1.82, 2.24) is 19.0 Å². The molecule has 1 aromatic carbocycles. The molecule has 9 nitrogen and oxygen atoms in total. The first-order valence-electron chi connectivity index (χ1n) is 8.40. The number of rotatable bonds is 4. The highest BCUT2D eigenvalue weighted by molar-refractivity contribution is 7.89. The van der Waals surface area contributed by atoms with Crippen molar-refractivity contribution in [3.63, 3.8) is 0 Å². The lowest BCUT2D eigenvalue weighted by Gasteiger charge is -2.34. The highest BCUT2D eigenvalue weighted by atomic mass is 32.2. The summed E-state index contributed by atoms with van der Waals surface area (Å²) in [5, 5.41) is 0. The molecule has 2 aliphatic heterocycles. The number of piperazine rings is 1. The summed E-state index contributed by atoms with van der Waals surface area (Å²) in [7, 11) is -2.96. The van der Waals surface area contributed by atoms with Crippen LogP contribution in [0.1, 0.15) is 0 Å². The number of hydrogen-bond donors (Lipinski definition) is 0. The summed E-state index contributed by atoms with van der Waals surface area (Å²) in [4.78, 5) is 38.3. The predicted octanol–water partition coefficient (Wildman–Crippen LogP) is -0.308. The van der Waals surface area contributed by atoms with Gasteiger partial charge in [0.1, 0.15) is 24.7 Å². The molecule has 28 heavy (non-hydrogen) atoms. The van der Waals surface area contributed by atoms with E-state index in [4.69, 9.17) is 0 Å². The SMILES string of the molecule is CN1CC(=O)N(CC(=O)N2CCN(S(=O)(=O)c3c(F)cccc3F)CC2)C1=O.